The lowest BCUT2D eigenvalue weighted by molar-refractivity contribution is -0.134. The van der Waals surface area contributed by atoms with Crippen LogP contribution in [0.15, 0.2) is 24.3 Å². The SMILES string of the molecule is CN(Cc1nc2ccccc2s1)C(=O)C1CCNC1. The Morgan fingerprint density at radius 3 is 3.11 bits per heavy atom. The first-order chi connectivity index (χ1) is 9.24. The predicted octanol–water partition coefficient (Wildman–Crippen LogP) is 1.86. The van der Waals surface area contributed by atoms with Gasteiger partial charge in [0.25, 0.3) is 0 Å². The van der Waals surface area contributed by atoms with E-state index in [2.05, 4.69) is 16.4 Å². The van der Waals surface area contributed by atoms with Crippen molar-refractivity contribution in [2.24, 2.45) is 5.92 Å². The van der Waals surface area contributed by atoms with Gasteiger partial charge in [-0.25, -0.2) is 4.98 Å². The summed E-state index contributed by atoms with van der Waals surface area (Å²) >= 11 is 1.66. The van der Waals surface area contributed by atoms with Gasteiger partial charge in [-0.1, -0.05) is 12.1 Å². The van der Waals surface area contributed by atoms with Gasteiger partial charge >= 0.3 is 0 Å². The Bertz CT molecular complexity index is 556. The van der Waals surface area contributed by atoms with E-state index in [1.54, 1.807) is 16.2 Å². The van der Waals surface area contributed by atoms with E-state index in [-0.39, 0.29) is 11.8 Å². The molecule has 1 aliphatic heterocycles. The zero-order valence-electron chi connectivity index (χ0n) is 10.9. The van der Waals surface area contributed by atoms with Crippen LogP contribution in [-0.4, -0.2) is 35.9 Å². The summed E-state index contributed by atoms with van der Waals surface area (Å²) in [4.78, 5) is 18.6. The van der Waals surface area contributed by atoms with E-state index in [4.69, 9.17) is 0 Å². The molecule has 1 amide bonds. The Morgan fingerprint density at radius 2 is 2.37 bits per heavy atom. The monoisotopic (exact) mass is 275 g/mol. The lowest BCUT2D eigenvalue weighted by Gasteiger charge is -2.19. The first kappa shape index (κ1) is 12.6. The molecule has 1 N–H and O–H groups in total. The van der Waals surface area contributed by atoms with Crippen LogP contribution < -0.4 is 5.32 Å². The van der Waals surface area contributed by atoms with Crippen molar-refractivity contribution in [1.29, 1.82) is 0 Å². The van der Waals surface area contributed by atoms with Gasteiger partial charge in [0.05, 0.1) is 22.7 Å². The van der Waals surface area contributed by atoms with Gasteiger partial charge in [0, 0.05) is 13.6 Å². The molecule has 1 aromatic carbocycles. The summed E-state index contributed by atoms with van der Waals surface area (Å²) in [6.45, 7) is 2.36. The molecule has 5 heteroatoms. The molecule has 1 unspecified atom stereocenters. The van der Waals surface area contributed by atoms with Crippen LogP contribution in [0.3, 0.4) is 0 Å². The number of thiazole rings is 1. The molecule has 3 rings (SSSR count). The molecule has 1 atom stereocenters. The molecule has 1 aliphatic rings. The molecule has 1 saturated heterocycles. The van der Waals surface area contributed by atoms with Crippen molar-refractivity contribution in [2.45, 2.75) is 13.0 Å². The van der Waals surface area contributed by atoms with Crippen molar-refractivity contribution >= 4 is 27.5 Å². The number of rotatable bonds is 3. The summed E-state index contributed by atoms with van der Waals surface area (Å²) in [5.74, 6) is 0.364. The fourth-order valence-corrected chi connectivity index (χ4v) is 3.47. The molecule has 2 heterocycles. The van der Waals surface area contributed by atoms with Crippen molar-refractivity contribution < 1.29 is 4.79 Å². The normalized spacial score (nSPS) is 18.9. The highest BCUT2D eigenvalue weighted by Gasteiger charge is 2.25. The summed E-state index contributed by atoms with van der Waals surface area (Å²) in [5, 5.41) is 4.24. The molecular weight excluding hydrogens is 258 g/mol. The van der Waals surface area contributed by atoms with Crippen molar-refractivity contribution in [2.75, 3.05) is 20.1 Å². The van der Waals surface area contributed by atoms with Crippen LogP contribution in [0.4, 0.5) is 0 Å². The summed E-state index contributed by atoms with van der Waals surface area (Å²) in [6.07, 6.45) is 0.947. The number of carbonyl (C=O) groups is 1. The Morgan fingerprint density at radius 1 is 1.53 bits per heavy atom. The van der Waals surface area contributed by atoms with Crippen LogP contribution >= 0.6 is 11.3 Å². The van der Waals surface area contributed by atoms with Crippen molar-refractivity contribution in [3.8, 4) is 0 Å². The van der Waals surface area contributed by atoms with E-state index in [1.165, 1.54) is 4.70 Å². The standard InChI is InChI=1S/C14H17N3OS/c1-17(14(18)10-6-7-15-8-10)9-13-16-11-4-2-3-5-12(11)19-13/h2-5,10,15H,6-9H2,1H3. The van der Waals surface area contributed by atoms with E-state index >= 15 is 0 Å². The van der Waals surface area contributed by atoms with E-state index in [9.17, 15) is 4.79 Å². The number of aromatic nitrogens is 1. The molecule has 0 spiro atoms. The van der Waals surface area contributed by atoms with Gasteiger partial charge in [-0.3, -0.25) is 4.79 Å². The number of fused-ring (bicyclic) bond motifs is 1. The number of benzene rings is 1. The second kappa shape index (κ2) is 5.27. The third-order valence-corrected chi connectivity index (χ3v) is 4.52. The maximum absolute atomic E-state index is 12.2. The summed E-state index contributed by atoms with van der Waals surface area (Å²) < 4.78 is 1.18. The van der Waals surface area contributed by atoms with Crippen LogP contribution in [0.2, 0.25) is 0 Å². The van der Waals surface area contributed by atoms with E-state index in [0.29, 0.717) is 6.54 Å². The average Bonchev–Trinajstić information content (AvgIpc) is 3.06. The van der Waals surface area contributed by atoms with Gasteiger partial charge in [0.2, 0.25) is 5.91 Å². The molecule has 4 nitrogen and oxygen atoms in total. The highest BCUT2D eigenvalue weighted by molar-refractivity contribution is 7.18. The predicted molar refractivity (Wildman–Crippen MR) is 77.1 cm³/mol. The fourth-order valence-electron chi connectivity index (χ4n) is 2.45. The molecule has 0 aliphatic carbocycles. The number of para-hydroxylation sites is 1. The summed E-state index contributed by atoms with van der Waals surface area (Å²) in [5.41, 5.74) is 1.02. The van der Waals surface area contributed by atoms with E-state index < -0.39 is 0 Å². The molecule has 1 aromatic heterocycles. The van der Waals surface area contributed by atoms with Crippen molar-refractivity contribution in [1.82, 2.24) is 15.2 Å². The Hall–Kier alpha value is -1.46. The third-order valence-electron chi connectivity index (χ3n) is 3.50. The third kappa shape index (κ3) is 2.62. The van der Waals surface area contributed by atoms with Gasteiger partial charge in [-0.15, -0.1) is 11.3 Å². The Balaban J connectivity index is 1.71. The maximum atomic E-state index is 12.2. The van der Waals surface area contributed by atoms with Crippen LogP contribution in [0.1, 0.15) is 11.4 Å². The topological polar surface area (TPSA) is 45.2 Å². The lowest BCUT2D eigenvalue weighted by atomic mass is 10.1. The fraction of sp³-hybridized carbons (Fsp3) is 0.429. The average molecular weight is 275 g/mol. The van der Waals surface area contributed by atoms with Crippen LogP contribution in [0.5, 0.6) is 0 Å². The summed E-state index contributed by atoms with van der Waals surface area (Å²) in [6, 6.07) is 8.09. The van der Waals surface area contributed by atoms with E-state index in [0.717, 1.165) is 30.0 Å². The second-order valence-electron chi connectivity index (χ2n) is 4.96. The minimum atomic E-state index is 0.138. The zero-order valence-corrected chi connectivity index (χ0v) is 11.7. The van der Waals surface area contributed by atoms with E-state index in [1.807, 2.05) is 25.2 Å². The van der Waals surface area contributed by atoms with Gasteiger partial charge in [-0.2, -0.15) is 0 Å². The Labute approximate surface area is 116 Å². The quantitative estimate of drug-likeness (QED) is 0.930. The molecule has 19 heavy (non-hydrogen) atoms. The van der Waals surface area contributed by atoms with Gasteiger partial charge in [0.15, 0.2) is 0 Å². The smallest absolute Gasteiger partial charge is 0.227 e. The molecule has 2 aromatic rings. The largest absolute Gasteiger partial charge is 0.339 e. The van der Waals surface area contributed by atoms with Crippen LogP contribution in [0, 0.1) is 5.92 Å². The molecule has 0 saturated carbocycles. The van der Waals surface area contributed by atoms with Gasteiger partial charge in [0.1, 0.15) is 5.01 Å². The molecule has 100 valence electrons. The minimum Gasteiger partial charge on any atom is -0.339 e. The second-order valence-corrected chi connectivity index (χ2v) is 6.07. The lowest BCUT2D eigenvalue weighted by Crippen LogP contribution is -2.33. The number of hydrogen-bond donors (Lipinski definition) is 1. The molecular formula is C14H17N3OS. The molecule has 0 bridgehead atoms. The van der Waals surface area contributed by atoms with Gasteiger partial charge in [-0.05, 0) is 25.1 Å². The number of carbonyl (C=O) groups excluding carboxylic acids is 1. The number of nitrogens with one attached hydrogen (secondary N) is 1. The molecule has 1 fully saturated rings. The molecule has 0 radical (unpaired) electrons. The summed E-state index contributed by atoms with van der Waals surface area (Å²) in [7, 11) is 1.87. The zero-order chi connectivity index (χ0) is 13.2. The first-order valence-electron chi connectivity index (χ1n) is 6.54. The van der Waals surface area contributed by atoms with Crippen LogP contribution in [0.25, 0.3) is 10.2 Å². The number of nitrogens with zero attached hydrogens (tertiary/aromatic N) is 2. The van der Waals surface area contributed by atoms with Gasteiger partial charge < -0.3 is 10.2 Å². The number of hydrogen-bond acceptors (Lipinski definition) is 4. The first-order valence-corrected chi connectivity index (χ1v) is 7.36. The van der Waals surface area contributed by atoms with Crippen LogP contribution in [-0.2, 0) is 11.3 Å². The van der Waals surface area contributed by atoms with Crippen molar-refractivity contribution in [3.63, 3.8) is 0 Å². The number of amides is 1. The van der Waals surface area contributed by atoms with Crippen molar-refractivity contribution in [3.05, 3.63) is 29.3 Å². The minimum absolute atomic E-state index is 0.138. The Kier molecular flexibility index (Phi) is 3.48. The highest BCUT2D eigenvalue weighted by atomic mass is 32.1. The maximum Gasteiger partial charge on any atom is 0.227 e. The highest BCUT2D eigenvalue weighted by Crippen LogP contribution is 2.23.